The van der Waals surface area contributed by atoms with Crippen LogP contribution in [0.3, 0.4) is 0 Å². The fraction of sp³-hybridized carbons (Fsp3) is 0.567. The maximum atomic E-state index is 13.3. The summed E-state index contributed by atoms with van der Waals surface area (Å²) in [6.45, 7) is 4.34. The zero-order chi connectivity index (χ0) is 24.8. The normalized spacial score (nSPS) is 20.1. The van der Waals surface area contributed by atoms with Gasteiger partial charge < -0.3 is 15.1 Å². The molecule has 2 amide bonds. The zero-order valence-electron chi connectivity index (χ0n) is 22.2. The quantitative estimate of drug-likeness (QED) is 0.435. The van der Waals surface area contributed by atoms with Crippen molar-refractivity contribution in [3.05, 3.63) is 66.0 Å². The third-order valence-corrected chi connectivity index (χ3v) is 8.73. The Morgan fingerprint density at radius 3 is 2.39 bits per heavy atom. The van der Waals surface area contributed by atoms with Crippen LogP contribution in [0, 0.1) is 11.3 Å². The molecule has 2 saturated heterocycles. The van der Waals surface area contributed by atoms with Gasteiger partial charge in [-0.05, 0) is 74.7 Å². The Morgan fingerprint density at radius 2 is 1.71 bits per heavy atom. The molecule has 1 atom stereocenters. The Morgan fingerprint density at radius 1 is 1.00 bits per heavy atom. The molecule has 208 valence electrons. The Balaban J connectivity index is 0.00000200. The van der Waals surface area contributed by atoms with Gasteiger partial charge in [-0.2, -0.15) is 0 Å². The topological polar surface area (TPSA) is 65.5 Å². The van der Waals surface area contributed by atoms with Crippen molar-refractivity contribution in [2.75, 3.05) is 26.2 Å². The first-order valence-corrected chi connectivity index (χ1v) is 13.9. The van der Waals surface area contributed by atoms with Gasteiger partial charge in [0.25, 0.3) is 0 Å². The lowest BCUT2D eigenvalue weighted by Crippen LogP contribution is -2.45. The number of hydrogen-bond donors (Lipinski definition) is 1. The number of halogens is 2. The predicted octanol–water partition coefficient (Wildman–Crippen LogP) is 5.57. The molecule has 8 heteroatoms. The molecule has 6 nitrogen and oxygen atoms in total. The Bertz CT molecular complexity index is 1010. The second-order valence-corrected chi connectivity index (χ2v) is 11.1. The minimum absolute atomic E-state index is 0. The molecule has 3 fully saturated rings. The maximum absolute atomic E-state index is 13.3. The van der Waals surface area contributed by atoms with Gasteiger partial charge in [0.05, 0.1) is 11.5 Å². The summed E-state index contributed by atoms with van der Waals surface area (Å²) in [7, 11) is 0. The zero-order valence-corrected chi connectivity index (χ0v) is 23.9. The first kappa shape index (κ1) is 30.4. The van der Waals surface area contributed by atoms with E-state index in [0.717, 1.165) is 57.4 Å². The highest BCUT2D eigenvalue weighted by atomic mass is 35.5. The van der Waals surface area contributed by atoms with Crippen LogP contribution < -0.4 is 5.32 Å². The van der Waals surface area contributed by atoms with Gasteiger partial charge in [0.2, 0.25) is 11.8 Å². The van der Waals surface area contributed by atoms with E-state index in [4.69, 9.17) is 0 Å². The van der Waals surface area contributed by atoms with E-state index >= 15 is 0 Å². The number of carbonyl (C=O) groups excluding carboxylic acids is 2. The van der Waals surface area contributed by atoms with Gasteiger partial charge in [0, 0.05) is 38.4 Å². The van der Waals surface area contributed by atoms with E-state index in [1.54, 1.807) is 6.20 Å². The summed E-state index contributed by atoms with van der Waals surface area (Å²) >= 11 is 0. The Kier molecular flexibility index (Phi) is 11.4. The highest BCUT2D eigenvalue weighted by Gasteiger charge is 2.47. The average molecular weight is 562 g/mol. The summed E-state index contributed by atoms with van der Waals surface area (Å²) in [4.78, 5) is 34.9. The number of piperidine rings is 1. The smallest absolute Gasteiger partial charge is 0.229 e. The molecular weight excluding hydrogens is 519 g/mol. The van der Waals surface area contributed by atoms with Gasteiger partial charge >= 0.3 is 0 Å². The molecule has 2 aliphatic heterocycles. The molecule has 2 aromatic rings. The van der Waals surface area contributed by atoms with E-state index in [0.29, 0.717) is 24.8 Å². The largest absolute Gasteiger partial charge is 0.349 e. The minimum atomic E-state index is -0.187. The molecule has 38 heavy (non-hydrogen) atoms. The highest BCUT2D eigenvalue weighted by molar-refractivity contribution is 5.86. The fourth-order valence-corrected chi connectivity index (χ4v) is 6.47. The van der Waals surface area contributed by atoms with Crippen LogP contribution in [0.25, 0.3) is 0 Å². The maximum Gasteiger partial charge on any atom is 0.229 e. The van der Waals surface area contributed by atoms with Gasteiger partial charge in [-0.25, -0.2) is 0 Å². The SMILES string of the molecule is Cl.Cl.O=C(CC1CCCC1)NC(CCN1CCC2(CC1)CCN(Cc1cccnc1)C2=O)c1ccccc1. The molecule has 1 spiro atoms. The van der Waals surface area contributed by atoms with Crippen LogP contribution in [0.5, 0.6) is 0 Å². The van der Waals surface area contributed by atoms with E-state index in [1.165, 1.54) is 31.2 Å². The summed E-state index contributed by atoms with van der Waals surface area (Å²) in [5.74, 6) is 1.08. The van der Waals surface area contributed by atoms with E-state index < -0.39 is 0 Å². The number of carbonyl (C=O) groups is 2. The molecule has 5 rings (SSSR count). The molecule has 0 radical (unpaired) electrons. The Labute approximate surface area is 239 Å². The number of likely N-dealkylation sites (tertiary alicyclic amines) is 2. The molecule has 1 saturated carbocycles. The van der Waals surface area contributed by atoms with Crippen LogP contribution in [0.2, 0.25) is 0 Å². The van der Waals surface area contributed by atoms with Crippen LogP contribution in [0.4, 0.5) is 0 Å². The molecule has 0 bridgehead atoms. The van der Waals surface area contributed by atoms with Gasteiger partial charge in [0.1, 0.15) is 0 Å². The Hall–Kier alpha value is -2.15. The minimum Gasteiger partial charge on any atom is -0.349 e. The standard InChI is InChI=1S/C30H40N4O2.2ClH/c35-28(21-24-7-4-5-8-24)32-27(26-10-2-1-3-11-26)12-17-33-18-13-30(14-19-33)15-20-34(29(30)36)23-25-9-6-16-31-22-25;;/h1-3,6,9-11,16,22,24,27H,4-5,7-8,12-15,17-21,23H2,(H,32,35);2*1H. The van der Waals surface area contributed by atoms with Gasteiger partial charge in [-0.3, -0.25) is 14.6 Å². The van der Waals surface area contributed by atoms with Crippen molar-refractivity contribution in [1.29, 1.82) is 0 Å². The number of rotatable bonds is 9. The van der Waals surface area contributed by atoms with Crippen LogP contribution in [0.1, 0.15) is 75.0 Å². The fourth-order valence-electron chi connectivity index (χ4n) is 6.47. The lowest BCUT2D eigenvalue weighted by molar-refractivity contribution is -0.139. The number of pyridine rings is 1. The molecule has 1 N–H and O–H groups in total. The monoisotopic (exact) mass is 560 g/mol. The first-order valence-electron chi connectivity index (χ1n) is 13.9. The third kappa shape index (κ3) is 7.49. The van der Waals surface area contributed by atoms with Crippen LogP contribution in [-0.4, -0.2) is 52.8 Å². The van der Waals surface area contributed by atoms with Crippen LogP contribution in [0.15, 0.2) is 54.9 Å². The molecule has 1 unspecified atom stereocenters. The van der Waals surface area contributed by atoms with E-state index in [2.05, 4.69) is 39.5 Å². The van der Waals surface area contributed by atoms with E-state index in [1.807, 2.05) is 29.3 Å². The second-order valence-electron chi connectivity index (χ2n) is 11.1. The van der Waals surface area contributed by atoms with Crippen molar-refractivity contribution in [3.63, 3.8) is 0 Å². The number of nitrogens with one attached hydrogen (secondary N) is 1. The van der Waals surface area contributed by atoms with Gasteiger partial charge in [0.15, 0.2) is 0 Å². The van der Waals surface area contributed by atoms with Crippen molar-refractivity contribution in [1.82, 2.24) is 20.1 Å². The highest BCUT2D eigenvalue weighted by Crippen LogP contribution is 2.42. The van der Waals surface area contributed by atoms with Crippen molar-refractivity contribution in [3.8, 4) is 0 Å². The van der Waals surface area contributed by atoms with Crippen molar-refractivity contribution in [2.24, 2.45) is 11.3 Å². The first-order chi connectivity index (χ1) is 17.6. The number of nitrogens with zero attached hydrogens (tertiary/aromatic N) is 3. The number of benzene rings is 1. The summed E-state index contributed by atoms with van der Waals surface area (Å²) in [6, 6.07) is 14.4. The van der Waals surface area contributed by atoms with Crippen LogP contribution in [-0.2, 0) is 16.1 Å². The summed E-state index contributed by atoms with van der Waals surface area (Å²) in [5, 5.41) is 3.35. The molecule has 1 aromatic carbocycles. The lowest BCUT2D eigenvalue weighted by atomic mass is 9.77. The van der Waals surface area contributed by atoms with Gasteiger partial charge in [-0.1, -0.05) is 49.2 Å². The average Bonchev–Trinajstić information content (AvgIpc) is 3.53. The van der Waals surface area contributed by atoms with Crippen molar-refractivity contribution in [2.45, 2.75) is 70.4 Å². The molecule has 3 aliphatic rings. The van der Waals surface area contributed by atoms with Crippen LogP contribution >= 0.6 is 24.8 Å². The van der Waals surface area contributed by atoms with Gasteiger partial charge in [-0.15, -0.1) is 24.8 Å². The van der Waals surface area contributed by atoms with Crippen molar-refractivity contribution >= 4 is 36.6 Å². The molecular formula is C30H42Cl2N4O2. The van der Waals surface area contributed by atoms with Crippen molar-refractivity contribution < 1.29 is 9.59 Å². The molecule has 1 aliphatic carbocycles. The number of hydrogen-bond acceptors (Lipinski definition) is 4. The summed E-state index contributed by atoms with van der Waals surface area (Å²) < 4.78 is 0. The third-order valence-electron chi connectivity index (χ3n) is 8.73. The lowest BCUT2D eigenvalue weighted by Gasteiger charge is -2.38. The van der Waals surface area contributed by atoms with E-state index in [9.17, 15) is 9.59 Å². The molecule has 3 heterocycles. The predicted molar refractivity (Wildman–Crippen MR) is 155 cm³/mol. The summed E-state index contributed by atoms with van der Waals surface area (Å²) in [6.07, 6.45) is 12.9. The number of amides is 2. The summed E-state index contributed by atoms with van der Waals surface area (Å²) in [5.41, 5.74) is 2.09. The number of aromatic nitrogens is 1. The second kappa shape index (κ2) is 14.3. The molecule has 1 aromatic heterocycles. The van der Waals surface area contributed by atoms with E-state index in [-0.39, 0.29) is 42.2 Å².